The lowest BCUT2D eigenvalue weighted by molar-refractivity contribution is 0.150. The number of methoxy groups -OCH3 is 1. The van der Waals surface area contributed by atoms with E-state index in [1.807, 2.05) is 6.92 Å². The van der Waals surface area contributed by atoms with Crippen molar-refractivity contribution >= 4 is 0 Å². The van der Waals surface area contributed by atoms with Crippen LogP contribution in [-0.2, 0) is 4.74 Å². The van der Waals surface area contributed by atoms with Crippen LogP contribution in [0.1, 0.15) is 26.2 Å². The van der Waals surface area contributed by atoms with Gasteiger partial charge in [-0.15, -0.1) is 0 Å². The highest BCUT2D eigenvalue weighted by Gasteiger charge is 2.35. The lowest BCUT2D eigenvalue weighted by Gasteiger charge is -2.28. The molecule has 0 amide bonds. The maximum Gasteiger partial charge on any atom is 0.116 e. The van der Waals surface area contributed by atoms with Gasteiger partial charge >= 0.3 is 0 Å². The van der Waals surface area contributed by atoms with Crippen LogP contribution in [0.15, 0.2) is 0 Å². The van der Waals surface area contributed by atoms with E-state index in [4.69, 9.17) is 4.74 Å². The molecule has 1 N–H and O–H groups in total. The van der Waals surface area contributed by atoms with Gasteiger partial charge in [0.05, 0.1) is 12.7 Å². The average molecular weight is 237 g/mol. The average Bonchev–Trinajstić information content (AvgIpc) is 2.99. The third kappa shape index (κ3) is 3.67. The Labute approximate surface area is 104 Å². The van der Waals surface area contributed by atoms with Gasteiger partial charge in [0.2, 0.25) is 0 Å². The van der Waals surface area contributed by atoms with E-state index in [-0.39, 0.29) is 5.54 Å². The van der Waals surface area contributed by atoms with E-state index in [9.17, 15) is 5.26 Å². The molecule has 2 fully saturated rings. The fourth-order valence-electron chi connectivity index (χ4n) is 2.67. The van der Waals surface area contributed by atoms with Gasteiger partial charge < -0.3 is 9.64 Å². The highest BCUT2D eigenvalue weighted by molar-refractivity contribution is 5.09. The number of nitrogens with zero attached hydrogens (tertiary/aromatic N) is 2. The standard InChI is InChI=1S/C13H23N3O/c1-13(9-14,15-12-3-4-12)10-16-6-5-11(7-16)8-17-2/h11-12,15H,3-8,10H2,1-2H3. The SMILES string of the molecule is COCC1CCN(CC(C)(C#N)NC2CC2)C1. The molecule has 2 atom stereocenters. The summed E-state index contributed by atoms with van der Waals surface area (Å²) in [5.41, 5.74) is -0.386. The van der Waals surface area contributed by atoms with Crippen molar-refractivity contribution in [2.75, 3.05) is 33.4 Å². The van der Waals surface area contributed by atoms with Crippen LogP contribution in [-0.4, -0.2) is 49.8 Å². The summed E-state index contributed by atoms with van der Waals surface area (Å²) in [5, 5.41) is 12.8. The van der Waals surface area contributed by atoms with Crippen molar-refractivity contribution in [3.63, 3.8) is 0 Å². The number of hydrogen-bond acceptors (Lipinski definition) is 4. The maximum absolute atomic E-state index is 9.33. The second-order valence-electron chi connectivity index (χ2n) is 5.71. The predicted molar refractivity (Wildman–Crippen MR) is 66.6 cm³/mol. The zero-order chi connectivity index (χ0) is 12.3. The van der Waals surface area contributed by atoms with Crippen molar-refractivity contribution in [1.82, 2.24) is 10.2 Å². The van der Waals surface area contributed by atoms with Crippen LogP contribution in [0.25, 0.3) is 0 Å². The van der Waals surface area contributed by atoms with Crippen molar-refractivity contribution in [2.45, 2.75) is 37.8 Å². The molecule has 1 saturated heterocycles. The minimum absolute atomic E-state index is 0.386. The molecule has 0 radical (unpaired) electrons. The zero-order valence-corrected chi connectivity index (χ0v) is 10.9. The molecule has 2 unspecified atom stereocenters. The monoisotopic (exact) mass is 237 g/mol. The summed E-state index contributed by atoms with van der Waals surface area (Å²) < 4.78 is 5.20. The number of likely N-dealkylation sites (tertiary alicyclic amines) is 1. The molecule has 96 valence electrons. The molecule has 1 aliphatic heterocycles. The Morgan fingerprint density at radius 1 is 1.47 bits per heavy atom. The van der Waals surface area contributed by atoms with E-state index >= 15 is 0 Å². The lowest BCUT2D eigenvalue weighted by atomic mass is 10.0. The molecule has 2 rings (SSSR count). The fraction of sp³-hybridized carbons (Fsp3) is 0.923. The predicted octanol–water partition coefficient (Wildman–Crippen LogP) is 0.989. The van der Waals surface area contributed by atoms with Gasteiger partial charge in [0, 0.05) is 26.2 Å². The van der Waals surface area contributed by atoms with E-state index in [0.29, 0.717) is 12.0 Å². The van der Waals surface area contributed by atoms with Gasteiger partial charge in [0.15, 0.2) is 0 Å². The second-order valence-corrected chi connectivity index (χ2v) is 5.71. The van der Waals surface area contributed by atoms with Gasteiger partial charge in [-0.3, -0.25) is 5.32 Å². The van der Waals surface area contributed by atoms with Crippen LogP contribution < -0.4 is 5.32 Å². The molecule has 0 aromatic heterocycles. The molecule has 0 bridgehead atoms. The van der Waals surface area contributed by atoms with Crippen molar-refractivity contribution in [1.29, 1.82) is 5.26 Å². The molecule has 0 aromatic rings. The number of rotatable bonds is 6. The molecule has 1 aliphatic carbocycles. The first-order chi connectivity index (χ1) is 8.15. The van der Waals surface area contributed by atoms with Gasteiger partial charge in [-0.2, -0.15) is 5.26 Å². The minimum Gasteiger partial charge on any atom is -0.384 e. The number of hydrogen-bond donors (Lipinski definition) is 1. The maximum atomic E-state index is 9.33. The van der Waals surface area contributed by atoms with Gasteiger partial charge in [-0.25, -0.2) is 0 Å². The second kappa shape index (κ2) is 5.34. The summed E-state index contributed by atoms with van der Waals surface area (Å²) in [7, 11) is 1.76. The molecular weight excluding hydrogens is 214 g/mol. The minimum atomic E-state index is -0.386. The van der Waals surface area contributed by atoms with Crippen molar-refractivity contribution in [2.24, 2.45) is 5.92 Å². The molecular formula is C13H23N3O. The van der Waals surface area contributed by atoms with Crippen molar-refractivity contribution in [3.8, 4) is 6.07 Å². The summed E-state index contributed by atoms with van der Waals surface area (Å²) in [4.78, 5) is 2.39. The molecule has 4 heteroatoms. The summed E-state index contributed by atoms with van der Waals surface area (Å²) in [6.07, 6.45) is 3.64. The number of nitrogens with one attached hydrogen (secondary N) is 1. The summed E-state index contributed by atoms with van der Waals surface area (Å²) >= 11 is 0. The van der Waals surface area contributed by atoms with Gasteiger partial charge in [0.25, 0.3) is 0 Å². The van der Waals surface area contributed by atoms with Crippen LogP contribution >= 0.6 is 0 Å². The topological polar surface area (TPSA) is 48.3 Å². The van der Waals surface area contributed by atoms with E-state index in [1.165, 1.54) is 19.3 Å². The Hall–Kier alpha value is -0.630. The fourth-order valence-corrected chi connectivity index (χ4v) is 2.67. The molecule has 0 spiro atoms. The first-order valence-electron chi connectivity index (χ1n) is 6.55. The van der Waals surface area contributed by atoms with E-state index in [0.717, 1.165) is 26.2 Å². The Morgan fingerprint density at radius 3 is 2.82 bits per heavy atom. The van der Waals surface area contributed by atoms with Crippen molar-refractivity contribution < 1.29 is 4.74 Å². The first kappa shape index (κ1) is 12.8. The van der Waals surface area contributed by atoms with Crippen molar-refractivity contribution in [3.05, 3.63) is 0 Å². The summed E-state index contributed by atoms with van der Waals surface area (Å²) in [6, 6.07) is 3.02. The van der Waals surface area contributed by atoms with Gasteiger partial charge in [0.1, 0.15) is 5.54 Å². The highest BCUT2D eigenvalue weighted by Crippen LogP contribution is 2.24. The summed E-state index contributed by atoms with van der Waals surface area (Å²) in [6.45, 7) is 5.86. The molecule has 1 saturated carbocycles. The third-order valence-electron chi connectivity index (χ3n) is 3.66. The Kier molecular flexibility index (Phi) is 4.03. The molecule has 17 heavy (non-hydrogen) atoms. The van der Waals surface area contributed by atoms with E-state index in [1.54, 1.807) is 7.11 Å². The Bertz CT molecular complexity index is 298. The van der Waals surface area contributed by atoms with Gasteiger partial charge in [-0.05, 0) is 38.6 Å². The highest BCUT2D eigenvalue weighted by atomic mass is 16.5. The zero-order valence-electron chi connectivity index (χ0n) is 10.9. The van der Waals surface area contributed by atoms with E-state index in [2.05, 4.69) is 16.3 Å². The normalized spacial score (nSPS) is 28.9. The number of ether oxygens (including phenoxy) is 1. The summed E-state index contributed by atoms with van der Waals surface area (Å²) in [5.74, 6) is 0.642. The largest absolute Gasteiger partial charge is 0.384 e. The molecule has 1 heterocycles. The van der Waals surface area contributed by atoms with E-state index < -0.39 is 0 Å². The Morgan fingerprint density at radius 2 is 2.24 bits per heavy atom. The lowest BCUT2D eigenvalue weighted by Crippen LogP contribution is -2.50. The van der Waals surface area contributed by atoms with Crippen LogP contribution in [0.5, 0.6) is 0 Å². The molecule has 4 nitrogen and oxygen atoms in total. The van der Waals surface area contributed by atoms with Crippen LogP contribution in [0.3, 0.4) is 0 Å². The quantitative estimate of drug-likeness (QED) is 0.748. The molecule has 2 aliphatic rings. The van der Waals surface area contributed by atoms with Crippen LogP contribution in [0, 0.1) is 17.2 Å². The van der Waals surface area contributed by atoms with Gasteiger partial charge in [-0.1, -0.05) is 0 Å². The number of nitriles is 1. The van der Waals surface area contributed by atoms with Crippen LogP contribution in [0.4, 0.5) is 0 Å². The first-order valence-corrected chi connectivity index (χ1v) is 6.55. The third-order valence-corrected chi connectivity index (χ3v) is 3.66. The smallest absolute Gasteiger partial charge is 0.116 e. The Balaban J connectivity index is 1.80. The molecule has 0 aromatic carbocycles. The van der Waals surface area contributed by atoms with Crippen LogP contribution in [0.2, 0.25) is 0 Å².